The highest BCUT2D eigenvalue weighted by molar-refractivity contribution is 6.26. The van der Waals surface area contributed by atoms with Crippen molar-refractivity contribution < 1.29 is 19.1 Å². The van der Waals surface area contributed by atoms with Gasteiger partial charge in [-0.15, -0.1) is 0 Å². The van der Waals surface area contributed by atoms with Crippen molar-refractivity contribution in [1.82, 2.24) is 0 Å². The normalized spacial score (nSPS) is 18.8. The third-order valence-corrected chi connectivity index (χ3v) is 4.11. The van der Waals surface area contributed by atoms with Crippen LogP contribution in [-0.2, 0) is 9.59 Å². The summed E-state index contributed by atoms with van der Waals surface area (Å²) in [6, 6.07) is 14.4. The number of nitrogens with zero attached hydrogens (tertiary/aromatic N) is 1. The first-order chi connectivity index (χ1) is 11.7. The standard InChI is InChI=1S/C19H13NO4/c1-23-12-8-6-11(7-9-12)15-10-14-13-4-2-3-5-16(13)24-19(22)17(14)18(21)20-15/h2-10,17H,1H3. The summed E-state index contributed by atoms with van der Waals surface area (Å²) in [6.45, 7) is 0. The van der Waals surface area contributed by atoms with Gasteiger partial charge in [-0.25, -0.2) is 4.99 Å². The lowest BCUT2D eigenvalue weighted by Gasteiger charge is -2.27. The van der Waals surface area contributed by atoms with E-state index in [1.807, 2.05) is 24.3 Å². The van der Waals surface area contributed by atoms with Gasteiger partial charge in [-0.2, -0.15) is 0 Å². The van der Waals surface area contributed by atoms with Gasteiger partial charge in [-0.05, 0) is 42.0 Å². The SMILES string of the molecule is COc1ccc(C2=NC(=O)C3C(=O)Oc4ccccc4C3=C2)cc1. The van der Waals surface area contributed by atoms with E-state index in [-0.39, 0.29) is 0 Å². The van der Waals surface area contributed by atoms with E-state index in [0.29, 0.717) is 17.0 Å². The highest BCUT2D eigenvalue weighted by Gasteiger charge is 2.40. The zero-order valence-electron chi connectivity index (χ0n) is 12.9. The molecule has 4 rings (SSSR count). The van der Waals surface area contributed by atoms with Crippen LogP contribution in [0.1, 0.15) is 11.1 Å². The second-order valence-corrected chi connectivity index (χ2v) is 5.51. The fraction of sp³-hybridized carbons (Fsp3) is 0.105. The van der Waals surface area contributed by atoms with Crippen molar-refractivity contribution in [2.75, 3.05) is 7.11 Å². The van der Waals surface area contributed by atoms with E-state index in [1.165, 1.54) is 0 Å². The zero-order chi connectivity index (χ0) is 16.7. The van der Waals surface area contributed by atoms with Gasteiger partial charge in [-0.1, -0.05) is 18.2 Å². The van der Waals surface area contributed by atoms with Crippen molar-refractivity contribution in [3.8, 4) is 11.5 Å². The van der Waals surface area contributed by atoms with Gasteiger partial charge in [0.2, 0.25) is 0 Å². The van der Waals surface area contributed by atoms with E-state index >= 15 is 0 Å². The maximum Gasteiger partial charge on any atom is 0.328 e. The van der Waals surface area contributed by atoms with Crippen LogP contribution < -0.4 is 9.47 Å². The van der Waals surface area contributed by atoms with Crippen molar-refractivity contribution in [3.63, 3.8) is 0 Å². The number of ether oxygens (including phenoxy) is 2. The minimum Gasteiger partial charge on any atom is -0.497 e. The van der Waals surface area contributed by atoms with E-state index in [2.05, 4.69) is 4.99 Å². The molecule has 24 heavy (non-hydrogen) atoms. The van der Waals surface area contributed by atoms with Gasteiger partial charge in [0.25, 0.3) is 5.91 Å². The van der Waals surface area contributed by atoms with Crippen molar-refractivity contribution in [3.05, 3.63) is 65.7 Å². The van der Waals surface area contributed by atoms with Gasteiger partial charge < -0.3 is 9.47 Å². The number of rotatable bonds is 2. The molecule has 0 bridgehead atoms. The number of dihydropyridines is 1. The van der Waals surface area contributed by atoms with E-state index < -0.39 is 17.8 Å². The molecular weight excluding hydrogens is 306 g/mol. The Morgan fingerprint density at radius 1 is 1.04 bits per heavy atom. The number of allylic oxidation sites excluding steroid dienone is 1. The summed E-state index contributed by atoms with van der Waals surface area (Å²) in [7, 11) is 1.59. The number of aliphatic imine (C=N–C) groups is 1. The molecular formula is C19H13NO4. The predicted molar refractivity (Wildman–Crippen MR) is 88.1 cm³/mol. The lowest BCUT2D eigenvalue weighted by Crippen LogP contribution is -2.35. The maximum atomic E-state index is 12.4. The van der Waals surface area contributed by atoms with E-state index in [9.17, 15) is 9.59 Å². The van der Waals surface area contributed by atoms with Crippen molar-refractivity contribution in [2.24, 2.45) is 10.9 Å². The summed E-state index contributed by atoms with van der Waals surface area (Å²) in [5.74, 6) is -0.880. The number of hydrogen-bond donors (Lipinski definition) is 0. The molecule has 0 saturated heterocycles. The Morgan fingerprint density at radius 3 is 2.54 bits per heavy atom. The smallest absolute Gasteiger partial charge is 0.328 e. The molecule has 2 aliphatic heterocycles. The monoisotopic (exact) mass is 319 g/mol. The number of carbonyl (C=O) groups is 2. The first-order valence-electron chi connectivity index (χ1n) is 7.47. The number of para-hydroxylation sites is 1. The van der Waals surface area contributed by atoms with E-state index in [4.69, 9.17) is 9.47 Å². The molecule has 0 saturated carbocycles. The summed E-state index contributed by atoms with van der Waals surface area (Å²) in [5, 5.41) is 0. The number of amides is 1. The summed E-state index contributed by atoms with van der Waals surface area (Å²) < 4.78 is 10.4. The zero-order valence-corrected chi connectivity index (χ0v) is 12.9. The molecule has 1 unspecified atom stereocenters. The number of methoxy groups -OCH3 is 1. The first-order valence-corrected chi connectivity index (χ1v) is 7.47. The molecule has 0 aliphatic carbocycles. The largest absolute Gasteiger partial charge is 0.497 e. The van der Waals surface area contributed by atoms with Gasteiger partial charge in [0.05, 0.1) is 12.8 Å². The first kappa shape index (κ1) is 14.4. The summed E-state index contributed by atoms with van der Waals surface area (Å²) >= 11 is 0. The molecule has 0 aromatic heterocycles. The van der Waals surface area contributed by atoms with Crippen LogP contribution in [0.25, 0.3) is 5.57 Å². The molecule has 0 fully saturated rings. The Kier molecular flexibility index (Phi) is 3.27. The molecule has 2 aromatic rings. The minimum atomic E-state index is -0.984. The van der Waals surface area contributed by atoms with Crippen LogP contribution in [0.5, 0.6) is 11.5 Å². The van der Waals surface area contributed by atoms with Gasteiger partial charge in [0, 0.05) is 11.1 Å². The summed E-state index contributed by atoms with van der Waals surface area (Å²) in [6.07, 6.45) is 1.78. The Bertz CT molecular complexity index is 909. The average Bonchev–Trinajstić information content (AvgIpc) is 2.61. The van der Waals surface area contributed by atoms with Crippen LogP contribution in [0.15, 0.2) is 59.6 Å². The fourth-order valence-electron chi connectivity index (χ4n) is 2.91. The average molecular weight is 319 g/mol. The van der Waals surface area contributed by atoms with Crippen LogP contribution in [0.3, 0.4) is 0 Å². The van der Waals surface area contributed by atoms with E-state index in [1.54, 1.807) is 37.5 Å². The second-order valence-electron chi connectivity index (χ2n) is 5.51. The molecule has 1 amide bonds. The van der Waals surface area contributed by atoms with Crippen molar-refractivity contribution in [1.29, 1.82) is 0 Å². The Hall–Kier alpha value is -3.21. The van der Waals surface area contributed by atoms with Gasteiger partial charge >= 0.3 is 5.97 Å². The molecule has 5 nitrogen and oxygen atoms in total. The molecule has 118 valence electrons. The lowest BCUT2D eigenvalue weighted by molar-refractivity contribution is -0.141. The van der Waals surface area contributed by atoms with Crippen molar-refractivity contribution in [2.45, 2.75) is 0 Å². The number of hydrogen-bond acceptors (Lipinski definition) is 4. The molecule has 5 heteroatoms. The fourth-order valence-corrected chi connectivity index (χ4v) is 2.91. The Morgan fingerprint density at radius 2 is 1.79 bits per heavy atom. The van der Waals surface area contributed by atoms with Crippen LogP contribution in [-0.4, -0.2) is 24.7 Å². The number of benzene rings is 2. The van der Waals surface area contributed by atoms with Crippen LogP contribution in [0, 0.1) is 5.92 Å². The van der Waals surface area contributed by atoms with Crippen LogP contribution in [0.2, 0.25) is 0 Å². The predicted octanol–water partition coefficient (Wildman–Crippen LogP) is 2.64. The third kappa shape index (κ3) is 2.22. The number of esters is 1. The molecule has 0 N–H and O–H groups in total. The van der Waals surface area contributed by atoms with Crippen LogP contribution >= 0.6 is 0 Å². The topological polar surface area (TPSA) is 65.0 Å². The van der Waals surface area contributed by atoms with Crippen molar-refractivity contribution >= 4 is 23.2 Å². The molecule has 2 heterocycles. The van der Waals surface area contributed by atoms with Gasteiger partial charge in [-0.3, -0.25) is 9.59 Å². The molecule has 2 aromatic carbocycles. The van der Waals surface area contributed by atoms with Gasteiger partial charge in [0.15, 0.2) is 5.92 Å². The molecule has 2 aliphatic rings. The minimum absolute atomic E-state index is 0.466. The maximum absolute atomic E-state index is 12.4. The number of fused-ring (bicyclic) bond motifs is 3. The highest BCUT2D eigenvalue weighted by atomic mass is 16.5. The summed E-state index contributed by atoms with van der Waals surface area (Å²) in [4.78, 5) is 28.6. The summed E-state index contributed by atoms with van der Waals surface area (Å²) in [5.41, 5.74) is 2.69. The van der Waals surface area contributed by atoms with E-state index in [0.717, 1.165) is 16.9 Å². The molecule has 0 radical (unpaired) electrons. The van der Waals surface area contributed by atoms with Gasteiger partial charge in [0.1, 0.15) is 11.5 Å². The molecule has 1 atom stereocenters. The number of carbonyl (C=O) groups excluding carboxylic acids is 2. The highest BCUT2D eigenvalue weighted by Crippen LogP contribution is 2.39. The molecule has 0 spiro atoms. The lowest BCUT2D eigenvalue weighted by atomic mass is 9.85. The van der Waals surface area contributed by atoms with Crippen LogP contribution in [0.4, 0.5) is 0 Å². The quantitative estimate of drug-likeness (QED) is 0.485. The Labute approximate surface area is 138 Å². The third-order valence-electron chi connectivity index (χ3n) is 4.11. The Balaban J connectivity index is 1.83. The second kappa shape index (κ2) is 5.45.